The summed E-state index contributed by atoms with van der Waals surface area (Å²) in [6.07, 6.45) is 7.82. The Morgan fingerprint density at radius 1 is 1.04 bits per heavy atom. The summed E-state index contributed by atoms with van der Waals surface area (Å²) >= 11 is 0. The van der Waals surface area contributed by atoms with Gasteiger partial charge in [0.25, 0.3) is 0 Å². The Morgan fingerprint density at radius 2 is 1.75 bits per heavy atom. The highest BCUT2D eigenvalue weighted by Crippen LogP contribution is 2.64. The molecule has 0 aromatic rings. The van der Waals surface area contributed by atoms with Gasteiger partial charge in [-0.1, -0.05) is 33.3 Å². The summed E-state index contributed by atoms with van der Waals surface area (Å²) in [4.78, 5) is 12.6. The molecule has 28 heavy (non-hydrogen) atoms. The lowest BCUT2D eigenvalue weighted by atomic mass is 9.51. The Labute approximate surface area is 171 Å². The number of fused-ring (bicyclic) bond motifs is 3. The van der Waals surface area contributed by atoms with Crippen molar-refractivity contribution in [3.8, 4) is 0 Å². The molecule has 0 radical (unpaired) electrons. The highest BCUT2D eigenvalue weighted by Gasteiger charge is 2.64. The maximum absolute atomic E-state index is 12.6. The van der Waals surface area contributed by atoms with Gasteiger partial charge in [0.05, 0.1) is 11.0 Å². The second-order valence-electron chi connectivity index (χ2n) is 11.3. The monoisotopic (exact) mass is 388 g/mol. The van der Waals surface area contributed by atoms with Crippen LogP contribution in [0.4, 0.5) is 0 Å². The van der Waals surface area contributed by atoms with Crippen LogP contribution in [-0.4, -0.2) is 21.8 Å². The molecule has 0 spiro atoms. The van der Waals surface area contributed by atoms with Crippen LogP contribution in [0.3, 0.4) is 0 Å². The molecule has 0 heterocycles. The first-order chi connectivity index (χ1) is 13.1. The van der Waals surface area contributed by atoms with Crippen LogP contribution >= 0.6 is 0 Å². The molecule has 0 aliphatic heterocycles. The zero-order valence-corrected chi connectivity index (χ0v) is 18.5. The summed E-state index contributed by atoms with van der Waals surface area (Å²) in [5.41, 5.74) is 1.33. The van der Waals surface area contributed by atoms with Gasteiger partial charge < -0.3 is 10.2 Å². The molecule has 4 aliphatic carbocycles. The fourth-order valence-electron chi connectivity index (χ4n) is 8.08. The molecular formula is C25H40O3. The number of carbonyl (C=O) groups is 1. The number of carboxylic acid groups (broad SMARTS) is 1. The smallest absolute Gasteiger partial charge is 0.309 e. The van der Waals surface area contributed by atoms with E-state index in [-0.39, 0.29) is 11.8 Å². The number of aliphatic carboxylic acids is 1. The number of hydrogen-bond donors (Lipinski definition) is 2. The van der Waals surface area contributed by atoms with Crippen molar-refractivity contribution in [2.24, 2.45) is 46.8 Å². The molecule has 4 aliphatic rings. The standard InChI is InChI=1S/C25H40O3/c1-14(2)18-10-11-24(23(26)27)12-21-16(4)7-8-19-15(3)6-9-20(19)17(5)25(21,28)13-22(18)24/h14-16,18-19,21-22,28H,6-13H2,1-5H3,(H,26,27)/t15-,16+,18-,19+,21-,22+,24+,25+/m1/s1. The molecule has 3 fully saturated rings. The molecule has 8 atom stereocenters. The van der Waals surface area contributed by atoms with E-state index in [0.717, 1.165) is 25.7 Å². The predicted octanol–water partition coefficient (Wildman–Crippen LogP) is 5.67. The second kappa shape index (κ2) is 6.86. The minimum absolute atomic E-state index is 0.0788. The van der Waals surface area contributed by atoms with Crippen molar-refractivity contribution in [1.29, 1.82) is 0 Å². The van der Waals surface area contributed by atoms with Gasteiger partial charge in [-0.05, 0) is 105 Å². The van der Waals surface area contributed by atoms with Crippen molar-refractivity contribution in [1.82, 2.24) is 0 Å². The number of carboxylic acids is 1. The van der Waals surface area contributed by atoms with Crippen LogP contribution in [0, 0.1) is 46.8 Å². The van der Waals surface area contributed by atoms with Gasteiger partial charge in [-0.25, -0.2) is 0 Å². The van der Waals surface area contributed by atoms with E-state index in [1.807, 2.05) is 0 Å². The van der Waals surface area contributed by atoms with Gasteiger partial charge in [-0.15, -0.1) is 0 Å². The molecule has 158 valence electrons. The van der Waals surface area contributed by atoms with E-state index in [1.54, 1.807) is 0 Å². The van der Waals surface area contributed by atoms with Crippen LogP contribution in [0.5, 0.6) is 0 Å². The van der Waals surface area contributed by atoms with Gasteiger partial charge in [0.2, 0.25) is 0 Å². The average Bonchev–Trinajstić information content (AvgIpc) is 3.18. The number of aliphatic hydroxyl groups is 1. The third-order valence-corrected chi connectivity index (χ3v) is 9.92. The van der Waals surface area contributed by atoms with Crippen LogP contribution in [-0.2, 0) is 4.79 Å². The van der Waals surface area contributed by atoms with Gasteiger partial charge in [0.15, 0.2) is 0 Å². The predicted molar refractivity (Wildman–Crippen MR) is 112 cm³/mol. The summed E-state index contributed by atoms with van der Waals surface area (Å²) in [5.74, 6) is 2.19. The first-order valence-electron chi connectivity index (χ1n) is 11.8. The Bertz CT molecular complexity index is 679. The summed E-state index contributed by atoms with van der Waals surface area (Å²) in [5, 5.41) is 22.6. The van der Waals surface area contributed by atoms with Crippen LogP contribution in [0.15, 0.2) is 11.1 Å². The third kappa shape index (κ3) is 2.75. The zero-order valence-electron chi connectivity index (χ0n) is 18.5. The average molecular weight is 389 g/mol. The van der Waals surface area contributed by atoms with Crippen molar-refractivity contribution in [3.05, 3.63) is 11.1 Å². The topological polar surface area (TPSA) is 57.5 Å². The molecule has 0 aromatic heterocycles. The first kappa shape index (κ1) is 20.4. The third-order valence-electron chi connectivity index (χ3n) is 9.92. The van der Waals surface area contributed by atoms with Gasteiger partial charge in [0, 0.05) is 0 Å². The van der Waals surface area contributed by atoms with Crippen LogP contribution < -0.4 is 0 Å². The molecule has 3 nitrogen and oxygen atoms in total. The minimum Gasteiger partial charge on any atom is -0.481 e. The number of hydrogen-bond acceptors (Lipinski definition) is 2. The fourth-order valence-corrected chi connectivity index (χ4v) is 8.08. The maximum atomic E-state index is 12.6. The van der Waals surface area contributed by atoms with E-state index < -0.39 is 17.0 Å². The van der Waals surface area contributed by atoms with E-state index in [0.29, 0.717) is 42.4 Å². The molecule has 0 saturated heterocycles. The Morgan fingerprint density at radius 3 is 2.39 bits per heavy atom. The Hall–Kier alpha value is -0.830. The Balaban J connectivity index is 1.81. The lowest BCUT2D eigenvalue weighted by Crippen LogP contribution is -2.57. The second-order valence-corrected chi connectivity index (χ2v) is 11.3. The van der Waals surface area contributed by atoms with Crippen molar-refractivity contribution in [2.45, 2.75) is 91.6 Å². The van der Waals surface area contributed by atoms with E-state index in [9.17, 15) is 15.0 Å². The van der Waals surface area contributed by atoms with Crippen LogP contribution in [0.25, 0.3) is 0 Å². The van der Waals surface area contributed by atoms with Gasteiger partial charge in [-0.2, -0.15) is 0 Å². The highest BCUT2D eigenvalue weighted by molar-refractivity contribution is 5.76. The molecule has 3 saturated carbocycles. The van der Waals surface area contributed by atoms with Crippen LogP contribution in [0.2, 0.25) is 0 Å². The molecule has 0 aromatic carbocycles. The quantitative estimate of drug-likeness (QED) is 0.599. The lowest BCUT2D eigenvalue weighted by Gasteiger charge is -2.54. The van der Waals surface area contributed by atoms with Gasteiger partial charge in [0.1, 0.15) is 0 Å². The van der Waals surface area contributed by atoms with E-state index >= 15 is 0 Å². The van der Waals surface area contributed by atoms with Crippen molar-refractivity contribution >= 4 is 5.97 Å². The molecule has 2 N–H and O–H groups in total. The summed E-state index contributed by atoms with van der Waals surface area (Å²) < 4.78 is 0. The number of rotatable bonds is 2. The van der Waals surface area contributed by atoms with Crippen molar-refractivity contribution in [2.75, 3.05) is 0 Å². The molecule has 0 bridgehead atoms. The highest BCUT2D eigenvalue weighted by atomic mass is 16.4. The van der Waals surface area contributed by atoms with Crippen LogP contribution in [0.1, 0.15) is 86.0 Å². The Kier molecular flexibility index (Phi) is 5.01. The van der Waals surface area contributed by atoms with Gasteiger partial charge in [-0.3, -0.25) is 4.79 Å². The number of allylic oxidation sites excluding steroid dienone is 1. The minimum atomic E-state index is -0.807. The summed E-state index contributed by atoms with van der Waals surface area (Å²) in [7, 11) is 0. The molecule has 0 amide bonds. The van der Waals surface area contributed by atoms with E-state index in [4.69, 9.17) is 0 Å². The van der Waals surface area contributed by atoms with E-state index in [2.05, 4.69) is 34.6 Å². The zero-order chi connectivity index (χ0) is 20.4. The largest absolute Gasteiger partial charge is 0.481 e. The molecule has 3 heteroatoms. The summed E-state index contributed by atoms with van der Waals surface area (Å²) in [6.45, 7) is 11.3. The molecular weight excluding hydrogens is 348 g/mol. The summed E-state index contributed by atoms with van der Waals surface area (Å²) in [6, 6.07) is 0. The maximum Gasteiger partial charge on any atom is 0.309 e. The first-order valence-corrected chi connectivity index (χ1v) is 11.8. The molecule has 4 rings (SSSR count). The lowest BCUT2D eigenvalue weighted by molar-refractivity contribution is -0.168. The normalized spacial score (nSPS) is 48.7. The van der Waals surface area contributed by atoms with Crippen molar-refractivity contribution < 1.29 is 15.0 Å². The van der Waals surface area contributed by atoms with E-state index in [1.165, 1.54) is 24.0 Å². The van der Waals surface area contributed by atoms with Gasteiger partial charge >= 0.3 is 5.97 Å². The fraction of sp³-hybridized carbons (Fsp3) is 0.880. The molecule has 0 unspecified atom stereocenters. The SMILES string of the molecule is CC1=C2CC[C@@H](C)[C@@H]2CC[C@H](C)[C@H]2C[C@@]3(C(=O)O)CC[C@H](C(C)C)[C@@H]3C[C@]12O. The van der Waals surface area contributed by atoms with Crippen molar-refractivity contribution in [3.63, 3.8) is 0 Å².